The molecule has 0 fully saturated rings. The van der Waals surface area contributed by atoms with Crippen molar-refractivity contribution in [2.45, 2.75) is 43.7 Å². The van der Waals surface area contributed by atoms with Gasteiger partial charge >= 0.3 is 12.6 Å². The monoisotopic (exact) mass is 371 g/mol. The van der Waals surface area contributed by atoms with Crippen LogP contribution in [-0.4, -0.2) is 32.1 Å². The Hall–Kier alpha value is -1.45. The van der Waals surface area contributed by atoms with E-state index in [0.29, 0.717) is 12.8 Å². The Kier molecular flexibility index (Phi) is 7.17. The number of hydrogen-bond acceptors (Lipinski definition) is 4. The van der Waals surface area contributed by atoms with Crippen LogP contribution in [0.2, 0.25) is 5.02 Å². The summed E-state index contributed by atoms with van der Waals surface area (Å²) < 4.78 is 54.8. The molecule has 6 nitrogen and oxygen atoms in total. The number of halogens is 3. The maximum Gasteiger partial charge on any atom is 0.387 e. The van der Waals surface area contributed by atoms with Gasteiger partial charge in [-0.05, 0) is 24.6 Å². The van der Waals surface area contributed by atoms with Crippen molar-refractivity contribution < 1.29 is 31.8 Å². The minimum absolute atomic E-state index is 0.130. The summed E-state index contributed by atoms with van der Waals surface area (Å²) in [4.78, 5) is 10.8. The van der Waals surface area contributed by atoms with E-state index < -0.39 is 28.6 Å². The van der Waals surface area contributed by atoms with Crippen LogP contribution in [0.3, 0.4) is 0 Å². The minimum atomic E-state index is -4.16. The smallest absolute Gasteiger partial charge is 0.387 e. The molecule has 0 aliphatic carbocycles. The molecule has 0 aliphatic heterocycles. The first kappa shape index (κ1) is 19.6. The summed E-state index contributed by atoms with van der Waals surface area (Å²) in [6.07, 6.45) is 1.36. The number of aliphatic carboxylic acids is 1. The molecule has 10 heteroatoms. The van der Waals surface area contributed by atoms with Crippen molar-refractivity contribution in [2.24, 2.45) is 0 Å². The fourth-order valence-electron chi connectivity index (χ4n) is 1.74. The quantitative estimate of drug-likeness (QED) is 0.696. The molecule has 2 N–H and O–H groups in total. The van der Waals surface area contributed by atoms with Crippen molar-refractivity contribution in [1.29, 1.82) is 0 Å². The van der Waals surface area contributed by atoms with Crippen LogP contribution in [0.25, 0.3) is 0 Å². The number of alkyl halides is 2. The number of rotatable bonds is 9. The van der Waals surface area contributed by atoms with E-state index >= 15 is 0 Å². The Bertz CT molecular complexity index is 654. The van der Waals surface area contributed by atoms with Crippen molar-refractivity contribution in [2.75, 3.05) is 0 Å². The molecule has 0 amide bonds. The zero-order valence-electron chi connectivity index (χ0n) is 12.1. The Morgan fingerprint density at radius 2 is 2.09 bits per heavy atom. The van der Waals surface area contributed by atoms with Gasteiger partial charge in [0.05, 0.1) is 9.92 Å². The lowest BCUT2D eigenvalue weighted by molar-refractivity contribution is -0.139. The third-order valence-electron chi connectivity index (χ3n) is 2.87. The van der Waals surface area contributed by atoms with Gasteiger partial charge in [-0.2, -0.15) is 13.5 Å². The van der Waals surface area contributed by atoms with Crippen molar-refractivity contribution in [3.8, 4) is 5.75 Å². The lowest BCUT2D eigenvalue weighted by Crippen LogP contribution is -2.40. The van der Waals surface area contributed by atoms with Crippen LogP contribution in [0.15, 0.2) is 23.1 Å². The summed E-state index contributed by atoms with van der Waals surface area (Å²) in [5.41, 5.74) is 0. The van der Waals surface area contributed by atoms with E-state index in [1.54, 1.807) is 0 Å². The highest BCUT2D eigenvalue weighted by molar-refractivity contribution is 7.89. The fraction of sp³-hybridized carbons (Fsp3) is 0.462. The van der Waals surface area contributed by atoms with Crippen molar-refractivity contribution in [3.63, 3.8) is 0 Å². The predicted octanol–water partition coefficient (Wildman–Crippen LogP) is 2.86. The van der Waals surface area contributed by atoms with Crippen LogP contribution in [0.1, 0.15) is 26.2 Å². The third kappa shape index (κ3) is 5.92. The minimum Gasteiger partial charge on any atom is -0.480 e. The summed E-state index contributed by atoms with van der Waals surface area (Å²) in [5.74, 6) is -1.67. The number of nitrogens with one attached hydrogen (secondary N) is 1. The van der Waals surface area contributed by atoms with Crippen LogP contribution in [0, 0.1) is 0 Å². The van der Waals surface area contributed by atoms with Gasteiger partial charge in [0, 0.05) is 0 Å². The van der Waals surface area contributed by atoms with E-state index in [2.05, 4.69) is 9.46 Å². The third-order valence-corrected chi connectivity index (χ3v) is 4.64. The topological polar surface area (TPSA) is 92.7 Å². The molecule has 0 unspecified atom stereocenters. The Morgan fingerprint density at radius 1 is 1.43 bits per heavy atom. The van der Waals surface area contributed by atoms with Gasteiger partial charge in [-0.15, -0.1) is 0 Å². The highest BCUT2D eigenvalue weighted by Gasteiger charge is 2.25. The number of carboxylic acid groups (broad SMARTS) is 1. The van der Waals surface area contributed by atoms with Crippen LogP contribution >= 0.6 is 11.6 Å². The van der Waals surface area contributed by atoms with Gasteiger partial charge in [0.25, 0.3) is 0 Å². The summed E-state index contributed by atoms with van der Waals surface area (Å²) in [6.45, 7) is -1.26. The first-order valence-electron chi connectivity index (χ1n) is 6.67. The maximum atomic E-state index is 12.2. The molecular weight excluding hydrogens is 356 g/mol. The largest absolute Gasteiger partial charge is 0.480 e. The van der Waals surface area contributed by atoms with Gasteiger partial charge < -0.3 is 9.84 Å². The highest BCUT2D eigenvalue weighted by Crippen LogP contribution is 2.28. The Morgan fingerprint density at radius 3 is 2.57 bits per heavy atom. The molecule has 23 heavy (non-hydrogen) atoms. The second-order valence-corrected chi connectivity index (χ2v) is 6.75. The van der Waals surface area contributed by atoms with E-state index in [9.17, 15) is 22.0 Å². The number of carbonyl (C=O) groups is 1. The summed E-state index contributed by atoms with van der Waals surface area (Å²) >= 11 is 5.70. The first-order chi connectivity index (χ1) is 10.7. The zero-order valence-corrected chi connectivity index (χ0v) is 13.7. The van der Waals surface area contributed by atoms with Gasteiger partial charge in [-0.25, -0.2) is 8.42 Å². The molecule has 0 saturated heterocycles. The number of sulfonamides is 1. The molecule has 0 bridgehead atoms. The van der Waals surface area contributed by atoms with E-state index in [1.807, 2.05) is 6.92 Å². The lowest BCUT2D eigenvalue weighted by atomic mass is 10.1. The molecule has 0 spiro atoms. The van der Waals surface area contributed by atoms with Crippen LogP contribution < -0.4 is 9.46 Å². The number of carboxylic acids is 1. The van der Waals surface area contributed by atoms with Crippen molar-refractivity contribution in [3.05, 3.63) is 23.2 Å². The highest BCUT2D eigenvalue weighted by atomic mass is 35.5. The molecule has 0 aliphatic rings. The normalized spacial score (nSPS) is 13.1. The zero-order chi connectivity index (χ0) is 17.6. The Balaban J connectivity index is 2.99. The molecule has 0 saturated carbocycles. The SMILES string of the molecule is CCCC[C@H](NS(=O)(=O)c1ccc(OC(F)F)c(Cl)c1)C(=O)O. The summed E-state index contributed by atoms with van der Waals surface area (Å²) in [6, 6.07) is 1.62. The average Bonchev–Trinajstić information content (AvgIpc) is 2.44. The number of benzene rings is 1. The van der Waals surface area contributed by atoms with E-state index in [-0.39, 0.29) is 22.1 Å². The first-order valence-corrected chi connectivity index (χ1v) is 8.53. The molecule has 0 radical (unpaired) electrons. The second kappa shape index (κ2) is 8.42. The van der Waals surface area contributed by atoms with Gasteiger partial charge in [0.15, 0.2) is 0 Å². The summed E-state index contributed by atoms with van der Waals surface area (Å²) in [7, 11) is -4.16. The van der Waals surface area contributed by atoms with Crippen LogP contribution in [0.4, 0.5) is 8.78 Å². The molecule has 1 rings (SSSR count). The van der Waals surface area contributed by atoms with Crippen LogP contribution in [-0.2, 0) is 14.8 Å². The number of ether oxygens (including phenoxy) is 1. The van der Waals surface area contributed by atoms with Gasteiger partial charge in [-0.1, -0.05) is 31.4 Å². The van der Waals surface area contributed by atoms with Gasteiger partial charge in [0.1, 0.15) is 11.8 Å². The van der Waals surface area contributed by atoms with Crippen molar-refractivity contribution >= 4 is 27.6 Å². The maximum absolute atomic E-state index is 12.2. The molecular formula is C13H16ClF2NO5S. The molecule has 1 atom stereocenters. The molecule has 0 aromatic heterocycles. The van der Waals surface area contributed by atoms with E-state index in [1.165, 1.54) is 0 Å². The lowest BCUT2D eigenvalue weighted by Gasteiger charge is -2.15. The number of hydrogen-bond donors (Lipinski definition) is 2. The fourth-order valence-corrected chi connectivity index (χ4v) is 3.28. The molecule has 0 heterocycles. The standard InChI is InChI=1S/C13H16ClF2NO5S/c1-2-3-4-10(12(18)19)17-23(20,21)8-5-6-11(9(14)7-8)22-13(15)16/h5-7,10,13,17H,2-4H2,1H3,(H,18,19)/t10-/m0/s1. The average molecular weight is 372 g/mol. The van der Waals surface area contributed by atoms with E-state index in [4.69, 9.17) is 16.7 Å². The molecule has 1 aromatic carbocycles. The van der Waals surface area contributed by atoms with Gasteiger partial charge in [-0.3, -0.25) is 4.79 Å². The Labute approximate surface area is 137 Å². The predicted molar refractivity (Wildman–Crippen MR) is 79.4 cm³/mol. The van der Waals surface area contributed by atoms with Crippen molar-refractivity contribution in [1.82, 2.24) is 4.72 Å². The second-order valence-electron chi connectivity index (χ2n) is 4.63. The van der Waals surface area contributed by atoms with E-state index in [0.717, 1.165) is 18.2 Å². The van der Waals surface area contributed by atoms with Gasteiger partial charge in [0.2, 0.25) is 10.0 Å². The number of unbranched alkanes of at least 4 members (excludes halogenated alkanes) is 1. The summed E-state index contributed by atoms with van der Waals surface area (Å²) in [5, 5.41) is 8.73. The van der Waals surface area contributed by atoms with Crippen LogP contribution in [0.5, 0.6) is 5.75 Å². The molecule has 1 aromatic rings. The molecule has 130 valence electrons.